The smallest absolute Gasteiger partial charge is 0.133 e. The van der Waals surface area contributed by atoms with E-state index in [-0.39, 0.29) is 0 Å². The van der Waals surface area contributed by atoms with Crippen LogP contribution in [-0.4, -0.2) is 7.11 Å². The second kappa shape index (κ2) is 6.94. The molecule has 0 atom stereocenters. The molecule has 2 aromatic rings. The number of rotatable bonds is 5. The highest BCUT2D eigenvalue weighted by molar-refractivity contribution is 9.10. The van der Waals surface area contributed by atoms with E-state index in [1.54, 1.807) is 7.11 Å². The summed E-state index contributed by atoms with van der Waals surface area (Å²) in [6.07, 6.45) is 0. The van der Waals surface area contributed by atoms with Crippen molar-refractivity contribution in [1.82, 2.24) is 5.32 Å². The molecule has 0 amide bonds. The van der Waals surface area contributed by atoms with Crippen molar-refractivity contribution >= 4 is 27.5 Å². The van der Waals surface area contributed by atoms with E-state index in [0.717, 1.165) is 28.3 Å². The number of nitrogens with one attached hydrogen (secondary N) is 1. The van der Waals surface area contributed by atoms with Crippen LogP contribution in [0.4, 0.5) is 0 Å². The SMILES string of the molecule is COc1ccc(CNCc2ccc(Cl)cc2)cc1Br. The molecule has 2 aromatic carbocycles. The first-order valence-electron chi connectivity index (χ1n) is 5.96. The average Bonchev–Trinajstić information content (AvgIpc) is 2.41. The molecule has 0 saturated carbocycles. The van der Waals surface area contributed by atoms with E-state index in [9.17, 15) is 0 Å². The van der Waals surface area contributed by atoms with Crippen molar-refractivity contribution < 1.29 is 4.74 Å². The summed E-state index contributed by atoms with van der Waals surface area (Å²) in [6.45, 7) is 1.63. The molecule has 0 heterocycles. The summed E-state index contributed by atoms with van der Waals surface area (Å²) in [4.78, 5) is 0. The molecule has 4 heteroatoms. The summed E-state index contributed by atoms with van der Waals surface area (Å²) in [6, 6.07) is 13.9. The van der Waals surface area contributed by atoms with E-state index in [0.29, 0.717) is 0 Å². The lowest BCUT2D eigenvalue weighted by molar-refractivity contribution is 0.412. The van der Waals surface area contributed by atoms with Crippen molar-refractivity contribution in [3.05, 3.63) is 63.1 Å². The van der Waals surface area contributed by atoms with E-state index in [4.69, 9.17) is 16.3 Å². The second-order valence-corrected chi connectivity index (χ2v) is 5.49. The van der Waals surface area contributed by atoms with Crippen LogP contribution < -0.4 is 10.1 Å². The molecule has 0 spiro atoms. The number of ether oxygens (including phenoxy) is 1. The van der Waals surface area contributed by atoms with Gasteiger partial charge in [-0.1, -0.05) is 29.8 Å². The van der Waals surface area contributed by atoms with Gasteiger partial charge < -0.3 is 10.1 Å². The van der Waals surface area contributed by atoms with Crippen LogP contribution >= 0.6 is 27.5 Å². The second-order valence-electron chi connectivity index (χ2n) is 4.20. The van der Waals surface area contributed by atoms with Gasteiger partial charge in [-0.05, 0) is 51.3 Å². The summed E-state index contributed by atoms with van der Waals surface area (Å²) in [5, 5.41) is 4.16. The molecule has 0 saturated heterocycles. The van der Waals surface area contributed by atoms with Gasteiger partial charge in [0.1, 0.15) is 5.75 Å². The minimum absolute atomic E-state index is 0.767. The molecule has 2 rings (SSSR count). The molecule has 0 radical (unpaired) electrons. The number of methoxy groups -OCH3 is 1. The van der Waals surface area contributed by atoms with E-state index in [1.807, 2.05) is 30.3 Å². The van der Waals surface area contributed by atoms with Crippen LogP contribution in [0.15, 0.2) is 46.9 Å². The fourth-order valence-electron chi connectivity index (χ4n) is 1.77. The Hall–Kier alpha value is -1.03. The largest absolute Gasteiger partial charge is 0.496 e. The van der Waals surface area contributed by atoms with Gasteiger partial charge in [0.2, 0.25) is 0 Å². The van der Waals surface area contributed by atoms with Crippen LogP contribution in [0.1, 0.15) is 11.1 Å². The average molecular weight is 341 g/mol. The Labute approximate surface area is 126 Å². The Morgan fingerprint density at radius 1 is 1.05 bits per heavy atom. The Morgan fingerprint density at radius 3 is 2.32 bits per heavy atom. The number of benzene rings is 2. The number of hydrogen-bond donors (Lipinski definition) is 1. The molecule has 0 bridgehead atoms. The summed E-state index contributed by atoms with van der Waals surface area (Å²) in [5.74, 6) is 0.849. The Balaban J connectivity index is 1.88. The predicted octanol–water partition coefficient (Wildman–Crippen LogP) is 4.40. The van der Waals surface area contributed by atoms with Crippen LogP contribution in [0.2, 0.25) is 5.02 Å². The van der Waals surface area contributed by atoms with Crippen molar-refractivity contribution in [1.29, 1.82) is 0 Å². The molecule has 2 nitrogen and oxygen atoms in total. The maximum atomic E-state index is 5.85. The fraction of sp³-hybridized carbons (Fsp3) is 0.200. The van der Waals surface area contributed by atoms with Gasteiger partial charge in [-0.2, -0.15) is 0 Å². The Bertz CT molecular complexity index is 542. The summed E-state index contributed by atoms with van der Waals surface area (Å²) < 4.78 is 6.18. The summed E-state index contributed by atoms with van der Waals surface area (Å²) in [7, 11) is 1.67. The molecule has 19 heavy (non-hydrogen) atoms. The van der Waals surface area contributed by atoms with Gasteiger partial charge in [0, 0.05) is 18.1 Å². The first-order chi connectivity index (χ1) is 9.19. The van der Waals surface area contributed by atoms with Crippen LogP contribution in [-0.2, 0) is 13.1 Å². The lowest BCUT2D eigenvalue weighted by Gasteiger charge is -2.08. The van der Waals surface area contributed by atoms with Crippen LogP contribution in [0, 0.1) is 0 Å². The minimum Gasteiger partial charge on any atom is -0.496 e. The molecule has 0 aliphatic heterocycles. The third-order valence-electron chi connectivity index (χ3n) is 2.79. The van der Waals surface area contributed by atoms with Crippen LogP contribution in [0.5, 0.6) is 5.75 Å². The quantitative estimate of drug-likeness (QED) is 0.871. The van der Waals surface area contributed by atoms with Crippen molar-refractivity contribution in [2.45, 2.75) is 13.1 Å². The Morgan fingerprint density at radius 2 is 1.68 bits per heavy atom. The summed E-state index contributed by atoms with van der Waals surface area (Å²) >= 11 is 9.33. The first-order valence-corrected chi connectivity index (χ1v) is 7.13. The van der Waals surface area contributed by atoms with E-state index < -0.39 is 0 Å². The van der Waals surface area contributed by atoms with Gasteiger partial charge in [0.15, 0.2) is 0 Å². The van der Waals surface area contributed by atoms with E-state index in [1.165, 1.54) is 11.1 Å². The third kappa shape index (κ3) is 4.23. The van der Waals surface area contributed by atoms with Gasteiger partial charge in [-0.3, -0.25) is 0 Å². The molecule has 0 aliphatic carbocycles. The normalized spacial score (nSPS) is 10.5. The number of hydrogen-bond acceptors (Lipinski definition) is 2. The van der Waals surface area contributed by atoms with Gasteiger partial charge in [-0.15, -0.1) is 0 Å². The third-order valence-corrected chi connectivity index (χ3v) is 3.66. The van der Waals surface area contributed by atoms with Crippen molar-refractivity contribution in [2.24, 2.45) is 0 Å². The maximum Gasteiger partial charge on any atom is 0.133 e. The van der Waals surface area contributed by atoms with E-state index in [2.05, 4.69) is 33.4 Å². The van der Waals surface area contributed by atoms with E-state index >= 15 is 0 Å². The lowest BCUT2D eigenvalue weighted by atomic mass is 10.2. The zero-order chi connectivity index (χ0) is 13.7. The zero-order valence-corrected chi connectivity index (χ0v) is 13.0. The fourth-order valence-corrected chi connectivity index (χ4v) is 2.49. The zero-order valence-electron chi connectivity index (χ0n) is 10.6. The number of halogens is 2. The lowest BCUT2D eigenvalue weighted by Crippen LogP contribution is -2.12. The molecular formula is C15H15BrClNO. The van der Waals surface area contributed by atoms with Gasteiger partial charge in [0.25, 0.3) is 0 Å². The molecule has 0 aromatic heterocycles. The van der Waals surface area contributed by atoms with Crippen molar-refractivity contribution in [3.63, 3.8) is 0 Å². The predicted molar refractivity (Wildman–Crippen MR) is 82.7 cm³/mol. The van der Waals surface area contributed by atoms with Crippen molar-refractivity contribution in [3.8, 4) is 5.75 Å². The van der Waals surface area contributed by atoms with Crippen LogP contribution in [0.3, 0.4) is 0 Å². The van der Waals surface area contributed by atoms with Gasteiger partial charge in [-0.25, -0.2) is 0 Å². The molecule has 0 unspecified atom stereocenters. The molecule has 100 valence electrons. The Kier molecular flexibility index (Phi) is 5.25. The topological polar surface area (TPSA) is 21.3 Å². The highest BCUT2D eigenvalue weighted by atomic mass is 79.9. The monoisotopic (exact) mass is 339 g/mol. The van der Waals surface area contributed by atoms with Crippen molar-refractivity contribution in [2.75, 3.05) is 7.11 Å². The highest BCUT2D eigenvalue weighted by Gasteiger charge is 2.01. The molecule has 0 aliphatic rings. The van der Waals surface area contributed by atoms with Gasteiger partial charge >= 0.3 is 0 Å². The highest BCUT2D eigenvalue weighted by Crippen LogP contribution is 2.25. The molecule has 0 fully saturated rings. The summed E-state index contributed by atoms with van der Waals surface area (Å²) in [5.41, 5.74) is 2.43. The molecule has 1 N–H and O–H groups in total. The van der Waals surface area contributed by atoms with Gasteiger partial charge in [0.05, 0.1) is 11.6 Å². The first kappa shape index (κ1) is 14.4. The maximum absolute atomic E-state index is 5.85. The minimum atomic E-state index is 0.767. The standard InChI is InChI=1S/C15H15BrClNO/c1-19-15-7-4-12(8-14(15)16)10-18-9-11-2-5-13(17)6-3-11/h2-8,18H,9-10H2,1H3. The molecular weight excluding hydrogens is 326 g/mol. The van der Waals surface area contributed by atoms with Crippen LogP contribution in [0.25, 0.3) is 0 Å².